The third-order valence-electron chi connectivity index (χ3n) is 7.02. The molecule has 37 heavy (non-hydrogen) atoms. The first-order valence-corrected chi connectivity index (χ1v) is 12.2. The van der Waals surface area contributed by atoms with Gasteiger partial charge >= 0.3 is 5.97 Å². The number of aromatic amines is 1. The second kappa shape index (κ2) is 10.1. The number of rotatable bonds is 6. The minimum absolute atomic E-state index is 0.0456. The fourth-order valence-corrected chi connectivity index (χ4v) is 4.85. The SMILES string of the molecule is Cc1nonc1C(=O)N[C@H](c1nc2c(F)c(OC(=O)C3CCOCC3)ccc2[nH]1)C1CCC(F)(F)CC1. The maximum Gasteiger partial charge on any atom is 0.314 e. The smallest absolute Gasteiger partial charge is 0.314 e. The summed E-state index contributed by atoms with van der Waals surface area (Å²) in [4.78, 5) is 32.7. The summed E-state index contributed by atoms with van der Waals surface area (Å²) in [6.07, 6.45) is 0.573. The normalized spacial score (nSPS) is 19.6. The van der Waals surface area contributed by atoms with E-state index in [1.165, 1.54) is 12.1 Å². The van der Waals surface area contributed by atoms with Gasteiger partial charge in [-0.1, -0.05) is 5.16 Å². The largest absolute Gasteiger partial charge is 0.423 e. The summed E-state index contributed by atoms with van der Waals surface area (Å²) in [7, 11) is 0. The molecule has 198 valence electrons. The van der Waals surface area contributed by atoms with Crippen molar-refractivity contribution in [1.82, 2.24) is 25.6 Å². The van der Waals surface area contributed by atoms with E-state index in [0.29, 0.717) is 31.6 Å². The van der Waals surface area contributed by atoms with Gasteiger partial charge in [0, 0.05) is 26.1 Å². The molecule has 1 saturated heterocycles. The molecule has 2 fully saturated rings. The van der Waals surface area contributed by atoms with Crippen LogP contribution in [-0.4, -0.2) is 51.3 Å². The van der Waals surface area contributed by atoms with Crippen LogP contribution in [0.3, 0.4) is 0 Å². The molecule has 1 aliphatic heterocycles. The van der Waals surface area contributed by atoms with Crippen LogP contribution in [0.1, 0.15) is 66.6 Å². The molecular weight excluding hydrogens is 495 g/mol. The van der Waals surface area contributed by atoms with Crippen LogP contribution in [0, 0.1) is 24.6 Å². The van der Waals surface area contributed by atoms with E-state index >= 15 is 4.39 Å². The molecule has 3 aromatic rings. The quantitative estimate of drug-likeness (QED) is 0.367. The van der Waals surface area contributed by atoms with Crippen molar-refractivity contribution >= 4 is 22.9 Å². The van der Waals surface area contributed by atoms with E-state index in [1.807, 2.05) is 0 Å². The van der Waals surface area contributed by atoms with E-state index in [1.54, 1.807) is 6.92 Å². The first-order chi connectivity index (χ1) is 17.7. The maximum atomic E-state index is 15.4. The van der Waals surface area contributed by atoms with Crippen molar-refractivity contribution in [3.63, 3.8) is 0 Å². The van der Waals surface area contributed by atoms with Gasteiger partial charge in [0.1, 0.15) is 17.0 Å². The molecule has 0 radical (unpaired) electrons. The third kappa shape index (κ3) is 5.31. The Kier molecular flexibility index (Phi) is 6.88. The fraction of sp³-hybridized carbons (Fsp3) is 0.542. The summed E-state index contributed by atoms with van der Waals surface area (Å²) in [5.41, 5.74) is 0.429. The van der Waals surface area contributed by atoms with Gasteiger partial charge in [0.15, 0.2) is 17.3 Å². The van der Waals surface area contributed by atoms with Gasteiger partial charge in [-0.15, -0.1) is 0 Å². The summed E-state index contributed by atoms with van der Waals surface area (Å²) in [6.45, 7) is 2.42. The van der Waals surface area contributed by atoms with E-state index in [0.717, 1.165) is 0 Å². The van der Waals surface area contributed by atoms with E-state index in [2.05, 4.69) is 30.2 Å². The number of halogens is 3. The molecule has 1 aromatic carbocycles. The van der Waals surface area contributed by atoms with Crippen molar-refractivity contribution in [2.75, 3.05) is 13.2 Å². The molecule has 5 rings (SSSR count). The number of H-pyrrole nitrogens is 1. The Morgan fingerprint density at radius 1 is 1.16 bits per heavy atom. The Bertz CT molecular complexity index is 1290. The van der Waals surface area contributed by atoms with E-state index in [9.17, 15) is 18.4 Å². The van der Waals surface area contributed by atoms with Gasteiger partial charge in [0.25, 0.3) is 5.91 Å². The number of carbonyl (C=O) groups is 2. The summed E-state index contributed by atoms with van der Waals surface area (Å²) in [6, 6.07) is 2.01. The molecule has 1 atom stereocenters. The third-order valence-corrected chi connectivity index (χ3v) is 7.02. The molecule has 2 aliphatic rings. The van der Waals surface area contributed by atoms with Crippen LogP contribution in [0.5, 0.6) is 5.75 Å². The van der Waals surface area contributed by atoms with Crippen LogP contribution in [0.2, 0.25) is 0 Å². The number of nitrogens with zero attached hydrogens (tertiary/aromatic N) is 3. The lowest BCUT2D eigenvalue weighted by Crippen LogP contribution is -2.38. The van der Waals surface area contributed by atoms with Gasteiger partial charge in [-0.25, -0.2) is 22.8 Å². The number of carbonyl (C=O) groups excluding carboxylic acids is 2. The number of alkyl halides is 2. The van der Waals surface area contributed by atoms with Crippen LogP contribution in [0.25, 0.3) is 11.0 Å². The van der Waals surface area contributed by atoms with Crippen molar-refractivity contribution in [3.8, 4) is 5.75 Å². The highest BCUT2D eigenvalue weighted by Crippen LogP contribution is 2.41. The average molecular weight is 521 g/mol. The van der Waals surface area contributed by atoms with Gasteiger partial charge in [-0.2, -0.15) is 0 Å². The summed E-state index contributed by atoms with van der Waals surface area (Å²) in [5, 5.41) is 9.98. The van der Waals surface area contributed by atoms with Crippen molar-refractivity contribution in [3.05, 3.63) is 35.2 Å². The summed E-state index contributed by atoms with van der Waals surface area (Å²) >= 11 is 0. The number of esters is 1. The fourth-order valence-electron chi connectivity index (χ4n) is 4.85. The van der Waals surface area contributed by atoms with E-state index < -0.39 is 35.6 Å². The number of hydrogen-bond donors (Lipinski definition) is 2. The van der Waals surface area contributed by atoms with Gasteiger partial charge < -0.3 is 19.8 Å². The summed E-state index contributed by atoms with van der Waals surface area (Å²) < 4.78 is 58.2. The molecule has 2 N–H and O–H groups in total. The number of fused-ring (bicyclic) bond motifs is 1. The average Bonchev–Trinajstić information content (AvgIpc) is 3.51. The number of ether oxygens (including phenoxy) is 2. The minimum atomic E-state index is -2.78. The molecule has 1 aliphatic carbocycles. The maximum absolute atomic E-state index is 15.4. The van der Waals surface area contributed by atoms with Gasteiger partial charge in [0.2, 0.25) is 5.92 Å². The van der Waals surface area contributed by atoms with Crippen LogP contribution in [0.4, 0.5) is 13.2 Å². The zero-order valence-corrected chi connectivity index (χ0v) is 20.1. The molecule has 0 unspecified atom stereocenters. The molecule has 1 saturated carbocycles. The standard InChI is InChI=1S/C24H26F3N5O5/c1-12-18(32-37-31-12)22(33)30-19(13-4-8-24(26,27)9-5-13)21-28-15-2-3-16(17(25)20(15)29-21)36-23(34)14-6-10-35-11-7-14/h2-3,13-14,19H,4-11H2,1H3,(H,28,29)(H,30,33)/t19-/m0/s1. The lowest BCUT2D eigenvalue weighted by molar-refractivity contribution is -0.142. The lowest BCUT2D eigenvalue weighted by atomic mass is 9.81. The number of aryl methyl sites for hydroxylation is 1. The predicted octanol–water partition coefficient (Wildman–Crippen LogP) is 4.02. The Balaban J connectivity index is 1.42. The Morgan fingerprint density at radius 3 is 2.57 bits per heavy atom. The van der Waals surface area contributed by atoms with Crippen molar-refractivity contribution in [1.29, 1.82) is 0 Å². The number of nitrogens with one attached hydrogen (secondary N) is 2. The van der Waals surface area contributed by atoms with Crippen LogP contribution < -0.4 is 10.1 Å². The number of amides is 1. The highest BCUT2D eigenvalue weighted by atomic mass is 19.3. The van der Waals surface area contributed by atoms with E-state index in [4.69, 9.17) is 9.47 Å². The zero-order chi connectivity index (χ0) is 26.2. The second-order valence-corrected chi connectivity index (χ2v) is 9.55. The van der Waals surface area contributed by atoms with Crippen molar-refractivity contribution in [2.24, 2.45) is 11.8 Å². The van der Waals surface area contributed by atoms with Crippen molar-refractivity contribution < 1.29 is 36.9 Å². The molecule has 10 nitrogen and oxygen atoms in total. The highest BCUT2D eigenvalue weighted by Gasteiger charge is 2.40. The zero-order valence-electron chi connectivity index (χ0n) is 20.1. The minimum Gasteiger partial charge on any atom is -0.423 e. The van der Waals surface area contributed by atoms with Gasteiger partial charge in [-0.05, 0) is 55.8 Å². The van der Waals surface area contributed by atoms with Gasteiger partial charge in [0.05, 0.1) is 17.5 Å². The molecule has 0 bridgehead atoms. The molecule has 13 heteroatoms. The van der Waals surface area contributed by atoms with Crippen molar-refractivity contribution in [2.45, 2.75) is 57.4 Å². The molecule has 2 aromatic heterocycles. The second-order valence-electron chi connectivity index (χ2n) is 9.55. The first-order valence-electron chi connectivity index (χ1n) is 12.2. The van der Waals surface area contributed by atoms with Crippen LogP contribution in [0.15, 0.2) is 16.8 Å². The number of imidazole rings is 1. The molecular formula is C24H26F3N5O5. The predicted molar refractivity (Wildman–Crippen MR) is 121 cm³/mol. The Morgan fingerprint density at radius 2 is 1.89 bits per heavy atom. The van der Waals surface area contributed by atoms with Crippen LogP contribution >= 0.6 is 0 Å². The Labute approximate surface area is 209 Å². The monoisotopic (exact) mass is 521 g/mol. The first kappa shape index (κ1) is 25.2. The lowest BCUT2D eigenvalue weighted by Gasteiger charge is -2.33. The van der Waals surface area contributed by atoms with E-state index in [-0.39, 0.29) is 60.1 Å². The van der Waals surface area contributed by atoms with Crippen LogP contribution in [-0.2, 0) is 9.53 Å². The molecule has 1 amide bonds. The molecule has 0 spiro atoms. The topological polar surface area (TPSA) is 132 Å². The van der Waals surface area contributed by atoms with Gasteiger partial charge in [-0.3, -0.25) is 9.59 Å². The number of hydrogen-bond acceptors (Lipinski definition) is 8. The number of aromatic nitrogens is 4. The Hall–Kier alpha value is -3.48. The summed E-state index contributed by atoms with van der Waals surface area (Å²) in [5.74, 6) is -5.60. The number of benzene rings is 1. The molecule has 3 heterocycles. The highest BCUT2D eigenvalue weighted by molar-refractivity contribution is 5.93.